The molecule has 0 radical (unpaired) electrons. The number of fused-ring (bicyclic) bond motifs is 2. The summed E-state index contributed by atoms with van der Waals surface area (Å²) in [4.78, 5) is 0. The van der Waals surface area contributed by atoms with E-state index in [1.807, 2.05) is 0 Å². The molecule has 2 unspecified atom stereocenters. The van der Waals surface area contributed by atoms with Crippen LogP contribution in [0.15, 0.2) is 10.3 Å². The van der Waals surface area contributed by atoms with Crippen molar-refractivity contribution in [3.05, 3.63) is 0 Å². The molecule has 0 aromatic heterocycles. The van der Waals surface area contributed by atoms with Crippen LogP contribution in [0.25, 0.3) is 0 Å². The Morgan fingerprint density at radius 2 is 1.65 bits per heavy atom. The third-order valence-corrected chi connectivity index (χ3v) is 5.09. The van der Waals surface area contributed by atoms with E-state index in [1.54, 1.807) is 0 Å². The minimum atomic E-state index is 0.122. The maximum absolute atomic E-state index is 4.54. The van der Waals surface area contributed by atoms with E-state index in [-0.39, 0.29) is 5.54 Å². The van der Waals surface area contributed by atoms with Gasteiger partial charge < -0.3 is 0 Å². The highest BCUT2D eigenvalue weighted by atomic mass is 15.6. The Balaban J connectivity index is 1.73. The average molecular weight is 235 g/mol. The molecule has 3 nitrogen and oxygen atoms in total. The van der Waals surface area contributed by atoms with Gasteiger partial charge in [0.15, 0.2) is 0 Å². The van der Waals surface area contributed by atoms with Crippen LogP contribution >= 0.6 is 0 Å². The van der Waals surface area contributed by atoms with E-state index < -0.39 is 0 Å². The Kier molecular flexibility index (Phi) is 2.50. The van der Waals surface area contributed by atoms with Crippen LogP contribution in [0.1, 0.15) is 53.4 Å². The summed E-state index contributed by atoms with van der Waals surface area (Å²) in [6.45, 7) is 9.17. The van der Waals surface area contributed by atoms with Crippen molar-refractivity contribution in [3.8, 4) is 0 Å². The molecule has 0 amide bonds. The Hall–Kier alpha value is -0.600. The van der Waals surface area contributed by atoms with Gasteiger partial charge in [-0.25, -0.2) is 0 Å². The first-order valence-electron chi connectivity index (χ1n) is 7.18. The highest BCUT2D eigenvalue weighted by Crippen LogP contribution is 2.54. The molecule has 0 aromatic carbocycles. The summed E-state index contributed by atoms with van der Waals surface area (Å²) < 4.78 is 0. The first-order valence-corrected chi connectivity index (χ1v) is 7.18. The van der Waals surface area contributed by atoms with Crippen LogP contribution < -0.4 is 0 Å². The zero-order chi connectivity index (χ0) is 12.2. The monoisotopic (exact) mass is 235 g/mol. The second-order valence-electron chi connectivity index (χ2n) is 7.20. The van der Waals surface area contributed by atoms with Gasteiger partial charge in [0.05, 0.1) is 17.6 Å². The predicted molar refractivity (Wildman–Crippen MR) is 68.6 cm³/mol. The van der Waals surface area contributed by atoms with E-state index in [0.29, 0.717) is 12.1 Å². The first-order chi connectivity index (χ1) is 7.98. The zero-order valence-corrected chi connectivity index (χ0v) is 11.6. The Bertz CT molecular complexity index is 331. The van der Waals surface area contributed by atoms with Crippen molar-refractivity contribution in [2.24, 2.45) is 28.1 Å². The van der Waals surface area contributed by atoms with Gasteiger partial charge in [-0.3, -0.25) is 5.01 Å². The maximum Gasteiger partial charge on any atom is 0.0950 e. The highest BCUT2D eigenvalue weighted by molar-refractivity contribution is 5.01. The van der Waals surface area contributed by atoms with Crippen molar-refractivity contribution in [3.63, 3.8) is 0 Å². The second kappa shape index (κ2) is 3.69. The van der Waals surface area contributed by atoms with E-state index in [1.165, 1.54) is 25.7 Å². The highest BCUT2D eigenvalue weighted by Gasteiger charge is 2.49. The molecule has 3 aliphatic rings. The molecule has 3 heteroatoms. The quantitative estimate of drug-likeness (QED) is 0.629. The molecule has 1 aliphatic heterocycles. The smallest absolute Gasteiger partial charge is 0.0950 e. The maximum atomic E-state index is 4.54. The van der Waals surface area contributed by atoms with E-state index in [2.05, 4.69) is 43.0 Å². The third kappa shape index (κ3) is 1.88. The van der Waals surface area contributed by atoms with Gasteiger partial charge in [-0.15, -0.1) is 0 Å². The number of nitrogens with zero attached hydrogens (tertiary/aromatic N) is 3. The largest absolute Gasteiger partial charge is 0.268 e. The van der Waals surface area contributed by atoms with Crippen molar-refractivity contribution in [2.45, 2.75) is 71.0 Å². The first kappa shape index (κ1) is 11.5. The van der Waals surface area contributed by atoms with Crippen LogP contribution in [0.4, 0.5) is 0 Å². The lowest BCUT2D eigenvalue weighted by Gasteiger charge is -2.36. The lowest BCUT2D eigenvalue weighted by Crippen LogP contribution is -2.46. The number of rotatable bonds is 0. The van der Waals surface area contributed by atoms with Crippen molar-refractivity contribution in [1.82, 2.24) is 5.01 Å². The summed E-state index contributed by atoms with van der Waals surface area (Å²) in [5.41, 5.74) is 0.122. The van der Waals surface area contributed by atoms with Gasteiger partial charge in [-0.05, 0) is 64.2 Å². The van der Waals surface area contributed by atoms with Crippen molar-refractivity contribution in [2.75, 3.05) is 0 Å². The molecular formula is C14H25N3. The molecule has 0 bridgehead atoms. The van der Waals surface area contributed by atoms with Crippen LogP contribution in [-0.4, -0.2) is 22.6 Å². The SMILES string of the molecule is C[C@H]1[C@H]2CCC3N=NN(C(C)(C)C)C3CC[C@@H]12. The summed E-state index contributed by atoms with van der Waals surface area (Å²) in [5.74, 6) is 3.00. The average Bonchev–Trinajstić information content (AvgIpc) is 2.65. The Labute approximate surface area is 105 Å². The lowest BCUT2D eigenvalue weighted by atomic mass is 9.91. The van der Waals surface area contributed by atoms with Crippen LogP contribution in [0, 0.1) is 17.8 Å². The molecule has 0 saturated heterocycles. The fourth-order valence-electron chi connectivity index (χ4n) is 3.94. The van der Waals surface area contributed by atoms with Crippen LogP contribution in [0.3, 0.4) is 0 Å². The standard InChI is InChI=1S/C14H25N3/c1-9-10-5-7-12-13(8-6-11(9)10)17(16-15-12)14(2,3)4/h9-13H,5-8H2,1-4H3/t9-,10+,11-,12?,13?/m0/s1. The van der Waals surface area contributed by atoms with E-state index in [4.69, 9.17) is 0 Å². The molecule has 17 heavy (non-hydrogen) atoms. The number of hydrogen-bond acceptors (Lipinski definition) is 3. The van der Waals surface area contributed by atoms with Crippen molar-refractivity contribution >= 4 is 0 Å². The van der Waals surface area contributed by atoms with E-state index in [0.717, 1.165) is 17.8 Å². The summed E-state index contributed by atoms with van der Waals surface area (Å²) in [6, 6.07) is 1.05. The fraction of sp³-hybridized carbons (Fsp3) is 1.00. The fourth-order valence-corrected chi connectivity index (χ4v) is 3.94. The van der Waals surface area contributed by atoms with Gasteiger partial charge in [-0.2, -0.15) is 5.11 Å². The van der Waals surface area contributed by atoms with E-state index in [9.17, 15) is 0 Å². The second-order valence-corrected chi connectivity index (χ2v) is 7.20. The summed E-state index contributed by atoms with van der Waals surface area (Å²) in [6.07, 6.45) is 5.32. The minimum absolute atomic E-state index is 0.122. The minimum Gasteiger partial charge on any atom is -0.268 e. The van der Waals surface area contributed by atoms with Crippen LogP contribution in [0.5, 0.6) is 0 Å². The predicted octanol–water partition coefficient (Wildman–Crippen LogP) is 3.66. The van der Waals surface area contributed by atoms with Crippen molar-refractivity contribution in [1.29, 1.82) is 0 Å². The van der Waals surface area contributed by atoms with Crippen LogP contribution in [0.2, 0.25) is 0 Å². The van der Waals surface area contributed by atoms with Gasteiger partial charge in [0, 0.05) is 0 Å². The zero-order valence-electron chi connectivity index (χ0n) is 11.6. The molecule has 1 heterocycles. The molecule has 3 rings (SSSR count). The molecule has 0 spiro atoms. The lowest BCUT2D eigenvalue weighted by molar-refractivity contribution is 0.0862. The Morgan fingerprint density at radius 3 is 2.29 bits per heavy atom. The molecule has 5 atom stereocenters. The third-order valence-electron chi connectivity index (χ3n) is 5.09. The normalized spacial score (nSPS) is 44.9. The van der Waals surface area contributed by atoms with Gasteiger partial charge in [0.2, 0.25) is 0 Å². The molecule has 2 aliphatic carbocycles. The summed E-state index contributed by atoms with van der Waals surface area (Å²) >= 11 is 0. The van der Waals surface area contributed by atoms with E-state index >= 15 is 0 Å². The molecule has 2 fully saturated rings. The molecular weight excluding hydrogens is 210 g/mol. The molecule has 0 N–H and O–H groups in total. The van der Waals surface area contributed by atoms with Crippen LogP contribution in [-0.2, 0) is 0 Å². The summed E-state index contributed by atoms with van der Waals surface area (Å²) in [7, 11) is 0. The summed E-state index contributed by atoms with van der Waals surface area (Å²) in [5, 5.41) is 11.3. The van der Waals surface area contributed by atoms with Gasteiger partial charge >= 0.3 is 0 Å². The Morgan fingerprint density at radius 1 is 1.00 bits per heavy atom. The molecule has 2 saturated carbocycles. The van der Waals surface area contributed by atoms with Crippen molar-refractivity contribution < 1.29 is 0 Å². The molecule has 0 aromatic rings. The molecule has 96 valence electrons. The topological polar surface area (TPSA) is 28.0 Å². The van der Waals surface area contributed by atoms with Gasteiger partial charge in [0.1, 0.15) is 0 Å². The number of hydrogen-bond donors (Lipinski definition) is 0. The van der Waals surface area contributed by atoms with Gasteiger partial charge in [-0.1, -0.05) is 12.1 Å². The van der Waals surface area contributed by atoms with Gasteiger partial charge in [0.25, 0.3) is 0 Å².